The van der Waals surface area contributed by atoms with E-state index in [0.29, 0.717) is 24.1 Å². The Balaban J connectivity index is 2.11. The number of anilines is 1. The van der Waals surface area contributed by atoms with Crippen molar-refractivity contribution in [3.63, 3.8) is 0 Å². The normalized spacial score (nSPS) is 14.4. The summed E-state index contributed by atoms with van der Waals surface area (Å²) in [5.74, 6) is -0.0466. The predicted molar refractivity (Wildman–Crippen MR) is 84.2 cm³/mol. The SMILES string of the molecule is CC(C)n1cncc1C(=O)c1cccc2c1N(C)C(=O)CC2. The number of fused-ring (bicyclic) bond motifs is 1. The zero-order chi connectivity index (χ0) is 15.9. The lowest BCUT2D eigenvalue weighted by Gasteiger charge is -2.28. The van der Waals surface area contributed by atoms with E-state index in [1.165, 1.54) is 0 Å². The van der Waals surface area contributed by atoms with Gasteiger partial charge in [0.05, 0.1) is 18.2 Å². The number of rotatable bonds is 3. The number of aryl methyl sites for hydroxylation is 1. The largest absolute Gasteiger partial charge is 0.325 e. The summed E-state index contributed by atoms with van der Waals surface area (Å²) in [7, 11) is 1.73. The number of hydrogen-bond donors (Lipinski definition) is 0. The monoisotopic (exact) mass is 297 g/mol. The van der Waals surface area contributed by atoms with Crippen LogP contribution in [0.2, 0.25) is 0 Å². The fraction of sp³-hybridized carbons (Fsp3) is 0.353. The maximum Gasteiger partial charge on any atom is 0.227 e. The molecule has 3 rings (SSSR count). The van der Waals surface area contributed by atoms with E-state index in [-0.39, 0.29) is 17.7 Å². The Hall–Kier alpha value is -2.43. The predicted octanol–water partition coefficient (Wildman–Crippen LogP) is 2.60. The van der Waals surface area contributed by atoms with Crippen molar-refractivity contribution in [1.29, 1.82) is 0 Å². The number of imidazole rings is 1. The van der Waals surface area contributed by atoms with Gasteiger partial charge in [0.2, 0.25) is 11.7 Å². The number of carbonyl (C=O) groups is 2. The van der Waals surface area contributed by atoms with E-state index in [1.807, 2.05) is 30.5 Å². The molecule has 5 nitrogen and oxygen atoms in total. The van der Waals surface area contributed by atoms with Gasteiger partial charge in [-0.3, -0.25) is 9.59 Å². The summed E-state index contributed by atoms with van der Waals surface area (Å²) in [5.41, 5.74) is 2.90. The van der Waals surface area contributed by atoms with E-state index in [9.17, 15) is 9.59 Å². The Bertz CT molecular complexity index is 746. The van der Waals surface area contributed by atoms with Crippen LogP contribution in [0.5, 0.6) is 0 Å². The van der Waals surface area contributed by atoms with Gasteiger partial charge >= 0.3 is 0 Å². The third-order valence-electron chi connectivity index (χ3n) is 4.14. The molecule has 1 aliphatic heterocycles. The summed E-state index contributed by atoms with van der Waals surface area (Å²) < 4.78 is 1.85. The minimum atomic E-state index is -0.0930. The molecule has 0 unspecified atom stereocenters. The van der Waals surface area contributed by atoms with Crippen molar-refractivity contribution in [1.82, 2.24) is 9.55 Å². The van der Waals surface area contributed by atoms with E-state index in [2.05, 4.69) is 4.98 Å². The summed E-state index contributed by atoms with van der Waals surface area (Å²) in [4.78, 5) is 30.6. The highest BCUT2D eigenvalue weighted by Gasteiger charge is 2.27. The van der Waals surface area contributed by atoms with Crippen LogP contribution in [0.15, 0.2) is 30.7 Å². The number of aromatic nitrogens is 2. The summed E-state index contributed by atoms with van der Waals surface area (Å²) >= 11 is 0. The average Bonchev–Trinajstić information content (AvgIpc) is 2.99. The first-order valence-electron chi connectivity index (χ1n) is 7.45. The smallest absolute Gasteiger partial charge is 0.227 e. The van der Waals surface area contributed by atoms with E-state index in [0.717, 1.165) is 11.3 Å². The zero-order valence-electron chi connectivity index (χ0n) is 13.0. The van der Waals surface area contributed by atoms with Gasteiger partial charge in [0.25, 0.3) is 0 Å². The van der Waals surface area contributed by atoms with Crippen LogP contribution in [0.1, 0.15) is 47.9 Å². The molecule has 0 atom stereocenters. The van der Waals surface area contributed by atoms with Crippen molar-refractivity contribution in [3.05, 3.63) is 47.5 Å². The molecule has 5 heteroatoms. The summed E-state index contributed by atoms with van der Waals surface area (Å²) in [6.45, 7) is 4.02. The maximum absolute atomic E-state index is 13.0. The molecular weight excluding hydrogens is 278 g/mol. The van der Waals surface area contributed by atoms with Gasteiger partial charge in [0.1, 0.15) is 5.69 Å². The lowest BCUT2D eigenvalue weighted by molar-refractivity contribution is -0.118. The highest BCUT2D eigenvalue weighted by Crippen LogP contribution is 2.32. The Labute approximate surface area is 129 Å². The molecule has 1 aromatic carbocycles. The van der Waals surface area contributed by atoms with Crippen LogP contribution in [0.4, 0.5) is 5.69 Å². The Morgan fingerprint density at radius 2 is 2.05 bits per heavy atom. The van der Waals surface area contributed by atoms with Gasteiger partial charge in [0, 0.05) is 25.1 Å². The molecule has 1 aromatic heterocycles. The van der Waals surface area contributed by atoms with Gasteiger partial charge in [-0.05, 0) is 31.9 Å². The van der Waals surface area contributed by atoms with Crippen LogP contribution >= 0.6 is 0 Å². The van der Waals surface area contributed by atoms with Crippen molar-refractivity contribution in [2.45, 2.75) is 32.7 Å². The van der Waals surface area contributed by atoms with E-state index < -0.39 is 0 Å². The Morgan fingerprint density at radius 3 is 2.77 bits per heavy atom. The highest BCUT2D eigenvalue weighted by atomic mass is 16.2. The fourth-order valence-electron chi connectivity index (χ4n) is 2.94. The first kappa shape index (κ1) is 14.5. The van der Waals surface area contributed by atoms with Crippen molar-refractivity contribution in [3.8, 4) is 0 Å². The number of amides is 1. The molecule has 1 aliphatic rings. The van der Waals surface area contributed by atoms with E-state index in [1.54, 1.807) is 30.5 Å². The van der Waals surface area contributed by atoms with Crippen molar-refractivity contribution < 1.29 is 9.59 Å². The molecule has 2 heterocycles. The molecule has 0 fully saturated rings. The van der Waals surface area contributed by atoms with Crippen molar-refractivity contribution in [2.24, 2.45) is 0 Å². The summed E-state index contributed by atoms with van der Waals surface area (Å²) in [6.07, 6.45) is 4.43. The number of ketones is 1. The summed E-state index contributed by atoms with van der Waals surface area (Å²) in [5, 5.41) is 0. The average molecular weight is 297 g/mol. The minimum absolute atomic E-state index is 0.0464. The van der Waals surface area contributed by atoms with E-state index >= 15 is 0 Å². The lowest BCUT2D eigenvalue weighted by atomic mass is 9.95. The summed E-state index contributed by atoms with van der Waals surface area (Å²) in [6, 6.07) is 5.80. The fourth-order valence-corrected chi connectivity index (χ4v) is 2.94. The van der Waals surface area contributed by atoms with Gasteiger partial charge < -0.3 is 9.47 Å². The molecule has 0 aliphatic carbocycles. The van der Waals surface area contributed by atoms with Crippen molar-refractivity contribution in [2.75, 3.05) is 11.9 Å². The quantitative estimate of drug-likeness (QED) is 0.818. The van der Waals surface area contributed by atoms with Crippen LogP contribution in [0.25, 0.3) is 0 Å². The third-order valence-corrected chi connectivity index (χ3v) is 4.14. The zero-order valence-corrected chi connectivity index (χ0v) is 13.0. The molecule has 0 spiro atoms. The van der Waals surface area contributed by atoms with Gasteiger partial charge in [-0.25, -0.2) is 4.98 Å². The van der Waals surface area contributed by atoms with Crippen LogP contribution in [0, 0.1) is 0 Å². The van der Waals surface area contributed by atoms with Gasteiger partial charge in [-0.15, -0.1) is 0 Å². The Kier molecular flexibility index (Phi) is 3.56. The van der Waals surface area contributed by atoms with Crippen LogP contribution in [-0.4, -0.2) is 28.3 Å². The molecule has 1 amide bonds. The van der Waals surface area contributed by atoms with Crippen LogP contribution in [-0.2, 0) is 11.2 Å². The second-order valence-electron chi connectivity index (χ2n) is 5.88. The van der Waals surface area contributed by atoms with Gasteiger partial charge in [-0.1, -0.05) is 12.1 Å². The molecular formula is C17H19N3O2. The number of para-hydroxylation sites is 1. The van der Waals surface area contributed by atoms with Gasteiger partial charge in [0.15, 0.2) is 0 Å². The molecule has 0 N–H and O–H groups in total. The molecule has 0 bridgehead atoms. The maximum atomic E-state index is 13.0. The standard InChI is InChI=1S/C17H19N3O2/c1-11(2)20-10-18-9-14(20)17(22)13-6-4-5-12-7-8-15(21)19(3)16(12)13/h4-6,9-11H,7-8H2,1-3H3. The molecule has 2 aromatic rings. The number of carbonyl (C=O) groups excluding carboxylic acids is 2. The Morgan fingerprint density at radius 1 is 1.27 bits per heavy atom. The molecule has 22 heavy (non-hydrogen) atoms. The first-order valence-corrected chi connectivity index (χ1v) is 7.45. The molecule has 0 saturated carbocycles. The minimum Gasteiger partial charge on any atom is -0.325 e. The molecule has 0 saturated heterocycles. The lowest BCUT2D eigenvalue weighted by Crippen LogP contribution is -2.33. The number of benzene rings is 1. The van der Waals surface area contributed by atoms with Crippen LogP contribution in [0.3, 0.4) is 0 Å². The molecule has 0 radical (unpaired) electrons. The van der Waals surface area contributed by atoms with Gasteiger partial charge in [-0.2, -0.15) is 0 Å². The first-order chi connectivity index (χ1) is 10.5. The second-order valence-corrected chi connectivity index (χ2v) is 5.88. The third kappa shape index (κ3) is 2.22. The number of nitrogens with zero attached hydrogens (tertiary/aromatic N) is 3. The highest BCUT2D eigenvalue weighted by molar-refractivity contribution is 6.14. The topological polar surface area (TPSA) is 55.2 Å². The number of hydrogen-bond acceptors (Lipinski definition) is 3. The second kappa shape index (κ2) is 5.40. The van der Waals surface area contributed by atoms with E-state index in [4.69, 9.17) is 0 Å². The van der Waals surface area contributed by atoms with Crippen LogP contribution < -0.4 is 4.90 Å². The molecule has 114 valence electrons. The van der Waals surface area contributed by atoms with Crippen molar-refractivity contribution >= 4 is 17.4 Å².